The van der Waals surface area contributed by atoms with Crippen LogP contribution in [-0.4, -0.2) is 22.6 Å². The first-order valence-corrected chi connectivity index (χ1v) is 3.73. The van der Waals surface area contributed by atoms with E-state index in [4.69, 9.17) is 5.73 Å². The maximum Gasteiger partial charge on any atom is 0.488 e. The maximum atomic E-state index is 12.2. The lowest BCUT2D eigenvalue weighted by Crippen LogP contribution is -2.17. The minimum Gasteiger partial charge on any atom is -0.481 e. The number of nitrogens with zero attached hydrogens (tertiary/aromatic N) is 2. The summed E-state index contributed by atoms with van der Waals surface area (Å²) in [4.78, 5) is 6.93. The number of aromatic nitrogens is 2. The summed E-state index contributed by atoms with van der Waals surface area (Å²) in [5.74, 6) is -0.706. The molecule has 1 aromatic heterocycles. The van der Waals surface area contributed by atoms with Crippen molar-refractivity contribution in [1.82, 2.24) is 9.97 Å². The van der Waals surface area contributed by atoms with Crippen molar-refractivity contribution in [2.24, 2.45) is 0 Å². The van der Waals surface area contributed by atoms with E-state index in [1.165, 1.54) is 7.11 Å². The number of methoxy groups -OCH3 is 1. The number of hydrogen-bond acceptors (Lipinski definition) is 5. The average molecular weight is 226 g/mol. The van der Waals surface area contributed by atoms with E-state index < -0.39 is 11.4 Å². The van der Waals surface area contributed by atoms with Crippen LogP contribution in [0.25, 0.3) is 0 Å². The highest BCUT2D eigenvalue weighted by Gasteiger charge is 2.28. The minimum atomic E-state index is -3.84. The van der Waals surface area contributed by atoms with Crippen molar-refractivity contribution >= 4 is 17.5 Å². The van der Waals surface area contributed by atoms with Gasteiger partial charge >= 0.3 is 5.57 Å². The molecule has 1 heterocycles. The van der Waals surface area contributed by atoms with Gasteiger partial charge in [0.15, 0.2) is 0 Å². The summed E-state index contributed by atoms with van der Waals surface area (Å²) in [7, 11) is 1.30. The summed E-state index contributed by atoms with van der Waals surface area (Å²) in [5, 5.41) is 0. The molecule has 1 rings (SSSR count). The van der Waals surface area contributed by atoms with Gasteiger partial charge < -0.3 is 15.2 Å². The number of hydrogen-bond donors (Lipinski definition) is 1. The molecule has 0 aromatic carbocycles. The molecule has 8 heteroatoms. The molecule has 0 atom stereocenters. The summed E-state index contributed by atoms with van der Waals surface area (Å²) >= 11 is 4.52. The van der Waals surface area contributed by atoms with Gasteiger partial charge in [0, 0.05) is 11.6 Å². The average Bonchev–Trinajstić information content (AvgIpc) is 1.99. The van der Waals surface area contributed by atoms with Gasteiger partial charge in [-0.1, -0.05) is 0 Å². The van der Waals surface area contributed by atoms with Crippen LogP contribution in [0.2, 0.25) is 0 Å². The van der Waals surface area contributed by atoms with E-state index in [-0.39, 0.29) is 11.8 Å². The van der Waals surface area contributed by atoms with Crippen LogP contribution in [0.4, 0.5) is 14.7 Å². The van der Waals surface area contributed by atoms with Crippen molar-refractivity contribution in [2.75, 3.05) is 12.8 Å². The van der Waals surface area contributed by atoms with Gasteiger partial charge in [-0.15, -0.1) is 8.78 Å². The summed E-state index contributed by atoms with van der Waals surface area (Å²) in [5.41, 5.74) is 1.34. The molecule has 0 aliphatic heterocycles. The molecule has 0 bridgehead atoms. The van der Waals surface area contributed by atoms with E-state index in [2.05, 4.69) is 31.0 Å². The van der Waals surface area contributed by atoms with Gasteiger partial charge in [-0.25, -0.2) is 0 Å². The molecule has 5 nitrogen and oxygen atoms in total. The number of nitrogens with two attached hydrogens (primary N) is 1. The molecule has 2 N–H and O–H groups in total. The van der Waals surface area contributed by atoms with Crippen molar-refractivity contribution in [3.05, 3.63) is 6.07 Å². The fraction of sp³-hybridized carbons (Fsp3) is 0.333. The third kappa shape index (κ3) is 3.17. The second kappa shape index (κ2) is 3.79. The van der Waals surface area contributed by atoms with E-state index in [0.717, 1.165) is 6.07 Å². The van der Waals surface area contributed by atoms with Crippen molar-refractivity contribution in [1.29, 1.82) is 0 Å². The van der Waals surface area contributed by atoms with Crippen LogP contribution in [0.1, 0.15) is 0 Å². The zero-order valence-electron chi connectivity index (χ0n) is 7.00. The highest BCUT2D eigenvalue weighted by molar-refractivity contribution is 6.20. The van der Waals surface area contributed by atoms with Crippen molar-refractivity contribution in [3.8, 4) is 11.8 Å². The maximum absolute atomic E-state index is 12.2. The fourth-order valence-electron chi connectivity index (χ4n) is 0.696. The quantitative estimate of drug-likeness (QED) is 0.784. The third-order valence-electron chi connectivity index (χ3n) is 1.13. The van der Waals surface area contributed by atoms with Crippen molar-refractivity contribution < 1.29 is 18.3 Å². The Bertz CT molecular complexity index is 331. The summed E-state index contributed by atoms with van der Waals surface area (Å²) < 4.78 is 33.0. The number of ether oxygens (including phenoxy) is 2. The first-order chi connectivity index (χ1) is 6.40. The van der Waals surface area contributed by atoms with Crippen LogP contribution in [0, 0.1) is 0 Å². The number of halogens is 3. The highest BCUT2D eigenvalue weighted by Crippen LogP contribution is 2.25. The van der Waals surface area contributed by atoms with E-state index >= 15 is 0 Å². The van der Waals surface area contributed by atoms with E-state index in [9.17, 15) is 8.78 Å². The Morgan fingerprint density at radius 3 is 2.50 bits per heavy atom. The Labute approximate surface area is 82.8 Å². The lowest BCUT2D eigenvalue weighted by atomic mass is 10.6. The number of alkyl halides is 3. The Kier molecular flexibility index (Phi) is 2.90. The van der Waals surface area contributed by atoms with Crippen LogP contribution < -0.4 is 15.2 Å². The first-order valence-electron chi connectivity index (χ1n) is 3.35. The molecule has 0 aliphatic rings. The molecule has 14 heavy (non-hydrogen) atoms. The van der Waals surface area contributed by atoms with E-state index in [1.807, 2.05) is 0 Å². The monoisotopic (exact) mass is 225 g/mol. The number of rotatable bonds is 3. The summed E-state index contributed by atoms with van der Waals surface area (Å²) in [6.45, 7) is 0. The second-order valence-corrected chi connectivity index (χ2v) is 2.59. The van der Waals surface area contributed by atoms with Gasteiger partial charge in [-0.05, 0) is 0 Å². The standard InChI is InChI=1S/C6H6ClF2N3O2/c1-13-3-2-4(12-5(10)11-3)14-6(7,8)9/h2H,1H3,(H2,10,11,12). The number of nitrogen functional groups attached to an aromatic ring is 1. The lowest BCUT2D eigenvalue weighted by molar-refractivity contribution is -0.0991. The molecule has 0 aliphatic carbocycles. The van der Waals surface area contributed by atoms with Gasteiger partial charge in [0.1, 0.15) is 0 Å². The predicted octanol–water partition coefficient (Wildman–Crippen LogP) is 1.24. The minimum absolute atomic E-state index is 0.00779. The Morgan fingerprint density at radius 1 is 1.43 bits per heavy atom. The van der Waals surface area contributed by atoms with Gasteiger partial charge in [-0.2, -0.15) is 9.97 Å². The fourth-order valence-corrected chi connectivity index (χ4v) is 0.775. The van der Waals surface area contributed by atoms with Crippen molar-refractivity contribution in [2.45, 2.75) is 5.57 Å². The van der Waals surface area contributed by atoms with Gasteiger partial charge in [0.2, 0.25) is 17.7 Å². The topological polar surface area (TPSA) is 70.3 Å². The molecule has 0 saturated heterocycles. The number of anilines is 1. The van der Waals surface area contributed by atoms with Gasteiger partial charge in [-0.3, -0.25) is 0 Å². The zero-order valence-corrected chi connectivity index (χ0v) is 7.76. The van der Waals surface area contributed by atoms with E-state index in [1.54, 1.807) is 0 Å². The Morgan fingerprint density at radius 2 is 2.00 bits per heavy atom. The molecule has 0 amide bonds. The summed E-state index contributed by atoms with van der Waals surface area (Å²) in [6, 6.07) is 1.03. The molecule has 0 fully saturated rings. The smallest absolute Gasteiger partial charge is 0.481 e. The SMILES string of the molecule is COc1cc(OC(F)(F)Cl)nc(N)n1. The summed E-state index contributed by atoms with van der Waals surface area (Å²) in [6.07, 6.45) is 0. The van der Waals surface area contributed by atoms with Crippen LogP contribution in [0.5, 0.6) is 11.8 Å². The van der Waals surface area contributed by atoms with Crippen LogP contribution >= 0.6 is 11.6 Å². The zero-order chi connectivity index (χ0) is 10.8. The van der Waals surface area contributed by atoms with Crippen LogP contribution in [-0.2, 0) is 0 Å². The van der Waals surface area contributed by atoms with Crippen LogP contribution in [0.3, 0.4) is 0 Å². The molecule has 0 unspecified atom stereocenters. The molecule has 1 aromatic rings. The van der Waals surface area contributed by atoms with E-state index in [0.29, 0.717) is 0 Å². The highest BCUT2D eigenvalue weighted by atomic mass is 35.5. The van der Waals surface area contributed by atoms with Crippen molar-refractivity contribution in [3.63, 3.8) is 0 Å². The van der Waals surface area contributed by atoms with Gasteiger partial charge in [0.05, 0.1) is 13.2 Å². The molecule has 0 spiro atoms. The van der Waals surface area contributed by atoms with Crippen LogP contribution in [0.15, 0.2) is 6.07 Å². The molecule has 0 saturated carbocycles. The third-order valence-corrected chi connectivity index (χ3v) is 1.20. The Balaban J connectivity index is 2.92. The second-order valence-electron chi connectivity index (χ2n) is 2.15. The first kappa shape index (κ1) is 10.7. The Hall–Kier alpha value is -1.37. The lowest BCUT2D eigenvalue weighted by Gasteiger charge is -2.10. The molecular weight excluding hydrogens is 220 g/mol. The largest absolute Gasteiger partial charge is 0.488 e. The molecule has 78 valence electrons. The predicted molar refractivity (Wildman–Crippen MR) is 44.4 cm³/mol. The van der Waals surface area contributed by atoms with Gasteiger partial charge in [0.25, 0.3) is 0 Å². The molecule has 0 radical (unpaired) electrons. The normalized spacial score (nSPS) is 11.1. The molecular formula is C6H6ClF2N3O2.